The van der Waals surface area contributed by atoms with Crippen molar-refractivity contribution in [2.45, 2.75) is 45.1 Å². The molecule has 6 nitrogen and oxygen atoms in total. The molecule has 1 saturated heterocycles. The molecule has 1 aliphatic heterocycles. The molecule has 0 aromatic rings. The minimum atomic E-state index is -0.741. The van der Waals surface area contributed by atoms with Crippen molar-refractivity contribution in [3.05, 3.63) is 0 Å². The van der Waals surface area contributed by atoms with Crippen LogP contribution in [-0.4, -0.2) is 54.7 Å². The highest BCUT2D eigenvalue weighted by molar-refractivity contribution is 5.82. The molecule has 0 radical (unpaired) electrons. The Morgan fingerprint density at radius 2 is 2.00 bits per heavy atom. The molecule has 0 aromatic heterocycles. The van der Waals surface area contributed by atoms with Crippen LogP contribution in [0.2, 0.25) is 0 Å². The third-order valence-corrected chi connectivity index (χ3v) is 4.16. The number of rotatable bonds is 7. The van der Waals surface area contributed by atoms with E-state index < -0.39 is 17.4 Å². The van der Waals surface area contributed by atoms with Crippen LogP contribution >= 0.6 is 0 Å². The Kier molecular flexibility index (Phi) is 6.42. The monoisotopic (exact) mass is 286 g/mol. The number of carboxylic acid groups (broad SMARTS) is 1. The van der Waals surface area contributed by atoms with Crippen molar-refractivity contribution in [3.63, 3.8) is 0 Å². The number of carboxylic acids is 1. The van der Waals surface area contributed by atoms with E-state index in [0.29, 0.717) is 45.4 Å². The van der Waals surface area contributed by atoms with Crippen molar-refractivity contribution < 1.29 is 19.4 Å². The maximum Gasteiger partial charge on any atom is 0.309 e. The lowest BCUT2D eigenvalue weighted by Crippen LogP contribution is -2.51. The molecule has 116 valence electrons. The Morgan fingerprint density at radius 1 is 1.40 bits per heavy atom. The second kappa shape index (κ2) is 7.59. The summed E-state index contributed by atoms with van der Waals surface area (Å²) in [5.41, 5.74) is 5.17. The molecule has 0 saturated carbocycles. The molecule has 20 heavy (non-hydrogen) atoms. The number of likely N-dealkylation sites (tertiary alicyclic amines) is 1. The van der Waals surface area contributed by atoms with Crippen LogP contribution in [0.5, 0.6) is 0 Å². The number of hydrogen-bond donors (Lipinski definition) is 2. The average molecular weight is 286 g/mol. The number of nitrogens with zero attached hydrogens (tertiary/aromatic N) is 1. The summed E-state index contributed by atoms with van der Waals surface area (Å²) < 4.78 is 4.92. The molecule has 0 bridgehead atoms. The third kappa shape index (κ3) is 3.93. The zero-order chi connectivity index (χ0) is 15.2. The van der Waals surface area contributed by atoms with Crippen LogP contribution in [0.3, 0.4) is 0 Å². The van der Waals surface area contributed by atoms with Gasteiger partial charge in [-0.15, -0.1) is 0 Å². The van der Waals surface area contributed by atoms with E-state index in [1.54, 1.807) is 12.0 Å². The fraction of sp³-hybridized carbons (Fsp3) is 0.857. The number of nitrogens with two attached hydrogens (primary N) is 1. The Labute approximate surface area is 120 Å². The van der Waals surface area contributed by atoms with Gasteiger partial charge in [-0.1, -0.05) is 13.3 Å². The topological polar surface area (TPSA) is 92.9 Å². The molecule has 1 aliphatic rings. The fourth-order valence-electron chi connectivity index (χ4n) is 2.81. The maximum atomic E-state index is 12.1. The lowest BCUT2D eigenvalue weighted by molar-refractivity contribution is -0.155. The number of carbonyl (C=O) groups is 2. The second-order valence-electron chi connectivity index (χ2n) is 5.55. The van der Waals surface area contributed by atoms with E-state index in [2.05, 4.69) is 0 Å². The Morgan fingerprint density at radius 3 is 2.45 bits per heavy atom. The minimum Gasteiger partial charge on any atom is -0.481 e. The SMILES string of the molecule is CCCC1(C(=O)O)CCN(C(=O)C(N)CCOC)CC1. The second-order valence-corrected chi connectivity index (χ2v) is 5.55. The van der Waals surface area contributed by atoms with Gasteiger partial charge in [-0.2, -0.15) is 0 Å². The molecule has 0 aliphatic carbocycles. The molecule has 1 heterocycles. The van der Waals surface area contributed by atoms with Gasteiger partial charge in [-0.25, -0.2) is 0 Å². The van der Waals surface area contributed by atoms with E-state index in [-0.39, 0.29) is 5.91 Å². The van der Waals surface area contributed by atoms with Gasteiger partial charge < -0.3 is 20.5 Å². The van der Waals surface area contributed by atoms with Crippen LogP contribution in [0.4, 0.5) is 0 Å². The molecule has 6 heteroatoms. The number of methoxy groups -OCH3 is 1. The van der Waals surface area contributed by atoms with Gasteiger partial charge in [0.1, 0.15) is 0 Å². The summed E-state index contributed by atoms with van der Waals surface area (Å²) in [4.78, 5) is 25.3. The van der Waals surface area contributed by atoms with Crippen LogP contribution in [0.25, 0.3) is 0 Å². The zero-order valence-electron chi connectivity index (χ0n) is 12.4. The quantitative estimate of drug-likeness (QED) is 0.723. The van der Waals surface area contributed by atoms with Crippen molar-refractivity contribution in [2.24, 2.45) is 11.1 Å². The molecule has 3 N–H and O–H groups in total. The predicted molar refractivity (Wildman–Crippen MR) is 75.3 cm³/mol. The van der Waals surface area contributed by atoms with Gasteiger partial charge in [0, 0.05) is 26.8 Å². The zero-order valence-corrected chi connectivity index (χ0v) is 12.4. The van der Waals surface area contributed by atoms with Gasteiger partial charge in [-0.05, 0) is 25.7 Å². The summed E-state index contributed by atoms with van der Waals surface area (Å²) in [6.07, 6.45) is 3.02. The largest absolute Gasteiger partial charge is 0.481 e. The number of carbonyl (C=O) groups excluding carboxylic acids is 1. The number of aliphatic carboxylic acids is 1. The highest BCUT2D eigenvalue weighted by Crippen LogP contribution is 2.36. The molecule has 1 amide bonds. The van der Waals surface area contributed by atoms with Gasteiger partial charge in [0.15, 0.2) is 0 Å². The van der Waals surface area contributed by atoms with Crippen LogP contribution < -0.4 is 5.73 Å². The summed E-state index contributed by atoms with van der Waals surface area (Å²) in [6, 6.07) is -0.557. The summed E-state index contributed by atoms with van der Waals surface area (Å²) in [5.74, 6) is -0.840. The lowest BCUT2D eigenvalue weighted by atomic mass is 9.75. The van der Waals surface area contributed by atoms with E-state index in [9.17, 15) is 14.7 Å². The molecular weight excluding hydrogens is 260 g/mol. The normalized spacial score (nSPS) is 19.6. The first-order chi connectivity index (χ1) is 9.46. The number of ether oxygens (including phenoxy) is 1. The molecular formula is C14H26N2O4. The van der Waals surface area contributed by atoms with Gasteiger partial charge in [0.25, 0.3) is 0 Å². The molecule has 1 fully saturated rings. The van der Waals surface area contributed by atoms with E-state index in [4.69, 9.17) is 10.5 Å². The molecule has 1 atom stereocenters. The summed E-state index contributed by atoms with van der Waals surface area (Å²) in [5, 5.41) is 9.43. The average Bonchev–Trinajstić information content (AvgIpc) is 2.44. The summed E-state index contributed by atoms with van der Waals surface area (Å²) >= 11 is 0. The number of piperidine rings is 1. The molecule has 1 unspecified atom stereocenters. The Hall–Kier alpha value is -1.14. The van der Waals surface area contributed by atoms with Crippen LogP contribution in [0.1, 0.15) is 39.0 Å². The van der Waals surface area contributed by atoms with E-state index in [1.165, 1.54) is 0 Å². The molecule has 0 aromatic carbocycles. The first kappa shape index (κ1) is 16.9. The highest BCUT2D eigenvalue weighted by Gasteiger charge is 2.41. The molecule has 1 rings (SSSR count). The Balaban J connectivity index is 2.56. The first-order valence-corrected chi connectivity index (χ1v) is 7.23. The maximum absolute atomic E-state index is 12.1. The van der Waals surface area contributed by atoms with E-state index >= 15 is 0 Å². The van der Waals surface area contributed by atoms with Crippen LogP contribution in [0, 0.1) is 5.41 Å². The number of hydrogen-bond acceptors (Lipinski definition) is 4. The third-order valence-electron chi connectivity index (χ3n) is 4.16. The van der Waals surface area contributed by atoms with Crippen LogP contribution in [0.15, 0.2) is 0 Å². The summed E-state index contributed by atoms with van der Waals surface area (Å²) in [7, 11) is 1.57. The van der Waals surface area contributed by atoms with Crippen molar-refractivity contribution in [3.8, 4) is 0 Å². The van der Waals surface area contributed by atoms with Crippen molar-refractivity contribution >= 4 is 11.9 Å². The van der Waals surface area contributed by atoms with Crippen molar-refractivity contribution in [1.29, 1.82) is 0 Å². The summed E-state index contributed by atoms with van der Waals surface area (Å²) in [6.45, 7) is 3.40. The smallest absolute Gasteiger partial charge is 0.309 e. The van der Waals surface area contributed by atoms with E-state index in [0.717, 1.165) is 6.42 Å². The minimum absolute atomic E-state index is 0.0995. The highest BCUT2D eigenvalue weighted by atomic mass is 16.5. The van der Waals surface area contributed by atoms with Crippen molar-refractivity contribution in [2.75, 3.05) is 26.8 Å². The van der Waals surface area contributed by atoms with Crippen molar-refractivity contribution in [1.82, 2.24) is 4.90 Å². The fourth-order valence-corrected chi connectivity index (χ4v) is 2.81. The predicted octanol–water partition coefficient (Wildman–Crippen LogP) is 0.844. The van der Waals surface area contributed by atoms with Gasteiger partial charge in [0.05, 0.1) is 11.5 Å². The lowest BCUT2D eigenvalue weighted by Gasteiger charge is -2.39. The first-order valence-electron chi connectivity index (χ1n) is 7.23. The van der Waals surface area contributed by atoms with E-state index in [1.807, 2.05) is 6.92 Å². The van der Waals surface area contributed by atoms with Gasteiger partial charge in [0.2, 0.25) is 5.91 Å². The number of amides is 1. The Bertz CT molecular complexity index is 338. The molecule has 0 spiro atoms. The van der Waals surface area contributed by atoms with Gasteiger partial charge >= 0.3 is 5.97 Å². The van der Waals surface area contributed by atoms with Crippen LogP contribution in [-0.2, 0) is 14.3 Å². The van der Waals surface area contributed by atoms with Gasteiger partial charge in [-0.3, -0.25) is 9.59 Å². The standard InChI is InChI=1S/C14H26N2O4/c1-3-5-14(13(18)19)6-8-16(9-7-14)12(17)11(15)4-10-20-2/h11H,3-10,15H2,1-2H3,(H,18,19).